The molecule has 0 bridgehead atoms. The van der Waals surface area contributed by atoms with Crippen LogP contribution in [0.15, 0.2) is 48.5 Å². The van der Waals surface area contributed by atoms with Gasteiger partial charge >= 0.3 is 6.18 Å². The van der Waals surface area contributed by atoms with Gasteiger partial charge in [0.05, 0.1) is 5.56 Å². The molecule has 168 valence electrons. The van der Waals surface area contributed by atoms with Crippen LogP contribution in [-0.2, 0) is 12.6 Å². The van der Waals surface area contributed by atoms with Crippen molar-refractivity contribution in [3.8, 4) is 0 Å². The highest BCUT2D eigenvalue weighted by molar-refractivity contribution is 7.09. The fourth-order valence-electron chi connectivity index (χ4n) is 3.76. The number of aryl methyl sites for hydroxylation is 1. The molecule has 3 aromatic rings. The Bertz CT molecular complexity index is 1100. The van der Waals surface area contributed by atoms with Crippen molar-refractivity contribution in [2.45, 2.75) is 32.5 Å². The summed E-state index contributed by atoms with van der Waals surface area (Å²) in [6, 6.07) is 12.7. The average molecular weight is 461 g/mol. The minimum atomic E-state index is -4.48. The second-order valence-electron chi connectivity index (χ2n) is 8.03. The monoisotopic (exact) mass is 460 g/mol. The predicted molar refractivity (Wildman–Crippen MR) is 118 cm³/mol. The number of anilines is 1. The first-order valence-electron chi connectivity index (χ1n) is 10.3. The van der Waals surface area contributed by atoms with Gasteiger partial charge in [0.15, 0.2) is 0 Å². The number of rotatable bonds is 4. The quantitative estimate of drug-likeness (QED) is 0.561. The van der Waals surface area contributed by atoms with Crippen molar-refractivity contribution in [1.82, 2.24) is 14.3 Å². The van der Waals surface area contributed by atoms with Crippen molar-refractivity contribution in [3.63, 3.8) is 0 Å². The maximum atomic E-state index is 13.0. The van der Waals surface area contributed by atoms with Crippen LogP contribution < -0.4 is 4.90 Å². The summed E-state index contributed by atoms with van der Waals surface area (Å²) >= 11 is 1.33. The number of carbonyl (C=O) groups excluding carboxylic acids is 1. The van der Waals surface area contributed by atoms with E-state index in [1.54, 1.807) is 4.90 Å². The van der Waals surface area contributed by atoms with Gasteiger partial charge in [0.25, 0.3) is 5.91 Å². The molecule has 0 N–H and O–H groups in total. The van der Waals surface area contributed by atoms with Crippen LogP contribution in [-0.4, -0.2) is 45.8 Å². The Morgan fingerprint density at radius 2 is 1.91 bits per heavy atom. The minimum Gasteiger partial charge on any atom is -0.343 e. The Kier molecular flexibility index (Phi) is 6.19. The van der Waals surface area contributed by atoms with Gasteiger partial charge in [-0.1, -0.05) is 35.9 Å². The highest BCUT2D eigenvalue weighted by atomic mass is 32.1. The summed E-state index contributed by atoms with van der Waals surface area (Å²) in [5.41, 5.74) is 1.58. The van der Waals surface area contributed by atoms with Crippen LogP contribution >= 0.6 is 11.5 Å². The Morgan fingerprint density at radius 3 is 2.59 bits per heavy atom. The lowest BCUT2D eigenvalue weighted by Crippen LogP contribution is -2.54. The van der Waals surface area contributed by atoms with Crippen molar-refractivity contribution >= 4 is 22.6 Å². The number of halogens is 3. The molecule has 0 spiro atoms. The van der Waals surface area contributed by atoms with E-state index in [1.165, 1.54) is 29.2 Å². The third kappa shape index (κ3) is 4.93. The van der Waals surface area contributed by atoms with E-state index in [4.69, 9.17) is 0 Å². The summed E-state index contributed by atoms with van der Waals surface area (Å²) in [5, 5.41) is 0.796. The predicted octanol–water partition coefficient (Wildman–Crippen LogP) is 4.81. The molecule has 1 atom stereocenters. The fourth-order valence-corrected chi connectivity index (χ4v) is 4.48. The van der Waals surface area contributed by atoms with Gasteiger partial charge in [0, 0.05) is 49.2 Å². The zero-order chi connectivity index (χ0) is 22.9. The maximum absolute atomic E-state index is 13.0. The van der Waals surface area contributed by atoms with Gasteiger partial charge in [-0.2, -0.15) is 17.5 Å². The van der Waals surface area contributed by atoms with Crippen LogP contribution in [0.1, 0.15) is 39.8 Å². The first-order chi connectivity index (χ1) is 15.2. The van der Waals surface area contributed by atoms with Gasteiger partial charge in [-0.25, -0.2) is 4.98 Å². The molecule has 1 amide bonds. The Labute approximate surface area is 188 Å². The van der Waals surface area contributed by atoms with E-state index in [0.29, 0.717) is 26.1 Å². The molecule has 2 heterocycles. The third-order valence-corrected chi connectivity index (χ3v) is 6.35. The van der Waals surface area contributed by atoms with E-state index < -0.39 is 11.7 Å². The largest absolute Gasteiger partial charge is 0.416 e. The van der Waals surface area contributed by atoms with Crippen LogP contribution in [0.25, 0.3) is 0 Å². The first-order valence-corrected chi connectivity index (χ1v) is 11.1. The molecule has 5 nitrogen and oxygen atoms in total. The van der Waals surface area contributed by atoms with Crippen molar-refractivity contribution in [2.75, 3.05) is 24.5 Å². The molecule has 1 aromatic heterocycles. The summed E-state index contributed by atoms with van der Waals surface area (Å²) in [6.45, 7) is 5.44. The molecule has 1 saturated heterocycles. The smallest absolute Gasteiger partial charge is 0.343 e. The maximum Gasteiger partial charge on any atom is 0.416 e. The number of hydrogen-bond acceptors (Lipinski definition) is 5. The molecular weight excluding hydrogens is 437 g/mol. The topological polar surface area (TPSA) is 49.3 Å². The normalized spacial score (nSPS) is 17.0. The van der Waals surface area contributed by atoms with Crippen LogP contribution in [0.3, 0.4) is 0 Å². The highest BCUT2D eigenvalue weighted by Crippen LogP contribution is 2.30. The van der Waals surface area contributed by atoms with E-state index in [0.717, 1.165) is 28.7 Å². The van der Waals surface area contributed by atoms with Crippen molar-refractivity contribution in [3.05, 3.63) is 76.6 Å². The molecule has 9 heteroatoms. The first kappa shape index (κ1) is 22.3. The average Bonchev–Trinajstić information content (AvgIpc) is 3.23. The number of amides is 1. The lowest BCUT2D eigenvalue weighted by atomic mass is 10.1. The number of carbonyl (C=O) groups is 1. The molecule has 0 aliphatic carbocycles. The number of nitrogens with zero attached hydrogens (tertiary/aromatic N) is 4. The second-order valence-corrected chi connectivity index (χ2v) is 8.76. The van der Waals surface area contributed by atoms with Crippen molar-refractivity contribution in [2.24, 2.45) is 0 Å². The van der Waals surface area contributed by atoms with Crippen LogP contribution in [0, 0.1) is 6.92 Å². The third-order valence-electron chi connectivity index (χ3n) is 5.54. The van der Waals surface area contributed by atoms with Gasteiger partial charge < -0.3 is 9.80 Å². The molecule has 2 aromatic carbocycles. The van der Waals surface area contributed by atoms with Crippen LogP contribution in [0.5, 0.6) is 0 Å². The number of piperazine rings is 1. The van der Waals surface area contributed by atoms with E-state index in [2.05, 4.69) is 38.5 Å². The van der Waals surface area contributed by atoms with E-state index in [1.807, 2.05) is 13.8 Å². The second kappa shape index (κ2) is 8.90. The Hall–Kier alpha value is -2.94. The van der Waals surface area contributed by atoms with E-state index in [-0.39, 0.29) is 17.5 Å². The zero-order valence-electron chi connectivity index (χ0n) is 17.8. The molecule has 1 aliphatic heterocycles. The SMILES string of the molecule is Cc1ccc(Cc2nsc(N3CCN(C(=O)c4cccc(C(F)(F)F)c4)C(C)C3)n2)cc1. The molecule has 0 radical (unpaired) electrons. The lowest BCUT2D eigenvalue weighted by Gasteiger charge is -2.39. The van der Waals surface area contributed by atoms with Gasteiger partial charge in [-0.05, 0) is 37.6 Å². The molecule has 1 aliphatic rings. The summed E-state index contributed by atoms with van der Waals surface area (Å²) in [5.74, 6) is 0.365. The molecule has 1 unspecified atom stereocenters. The van der Waals surface area contributed by atoms with Gasteiger partial charge in [0.2, 0.25) is 5.13 Å². The van der Waals surface area contributed by atoms with Gasteiger partial charge in [0.1, 0.15) is 5.82 Å². The molecule has 0 saturated carbocycles. The fraction of sp³-hybridized carbons (Fsp3) is 0.348. The van der Waals surface area contributed by atoms with E-state index >= 15 is 0 Å². The number of benzene rings is 2. The number of aromatic nitrogens is 2. The summed E-state index contributed by atoms with van der Waals surface area (Å²) in [4.78, 5) is 21.2. The molecular formula is C23H23F3N4OS. The summed E-state index contributed by atoms with van der Waals surface area (Å²) in [7, 11) is 0. The van der Waals surface area contributed by atoms with Crippen molar-refractivity contribution in [1.29, 1.82) is 0 Å². The van der Waals surface area contributed by atoms with Crippen LogP contribution in [0.2, 0.25) is 0 Å². The van der Waals surface area contributed by atoms with Gasteiger partial charge in [-0.15, -0.1) is 0 Å². The summed E-state index contributed by atoms with van der Waals surface area (Å²) in [6.07, 6.45) is -3.82. The lowest BCUT2D eigenvalue weighted by molar-refractivity contribution is -0.137. The van der Waals surface area contributed by atoms with E-state index in [9.17, 15) is 18.0 Å². The van der Waals surface area contributed by atoms with Crippen molar-refractivity contribution < 1.29 is 18.0 Å². The minimum absolute atomic E-state index is 0.0522. The number of hydrogen-bond donors (Lipinski definition) is 0. The summed E-state index contributed by atoms with van der Waals surface area (Å²) < 4.78 is 43.5. The highest BCUT2D eigenvalue weighted by Gasteiger charge is 2.33. The van der Waals surface area contributed by atoms with Gasteiger partial charge in [-0.3, -0.25) is 4.79 Å². The Balaban J connectivity index is 1.41. The Morgan fingerprint density at radius 1 is 1.16 bits per heavy atom. The molecule has 4 rings (SSSR count). The van der Waals surface area contributed by atoms with Crippen LogP contribution in [0.4, 0.5) is 18.3 Å². The number of alkyl halides is 3. The molecule has 32 heavy (non-hydrogen) atoms. The molecule has 1 fully saturated rings. The standard InChI is InChI=1S/C23H23F3N4OS/c1-15-6-8-17(9-7-15)12-20-27-22(32-28-20)29-10-11-30(16(2)14-29)21(31)18-4-3-5-19(13-18)23(24,25)26/h3-9,13,16H,10-12,14H2,1-2H3. The zero-order valence-corrected chi connectivity index (χ0v) is 18.6.